The van der Waals surface area contributed by atoms with Crippen molar-refractivity contribution in [3.8, 4) is 0 Å². The predicted molar refractivity (Wildman–Crippen MR) is 76.3 cm³/mol. The van der Waals surface area contributed by atoms with E-state index in [2.05, 4.69) is 13.2 Å². The number of hydrogen-bond donors (Lipinski definition) is 2. The minimum Gasteiger partial charge on any atom is -0.390 e. The molecule has 0 amide bonds. The minimum atomic E-state index is -0.330. The highest BCUT2D eigenvalue weighted by Crippen LogP contribution is 2.46. The summed E-state index contributed by atoms with van der Waals surface area (Å²) in [6.45, 7) is 11.1. The lowest BCUT2D eigenvalue weighted by Gasteiger charge is -1.98. The van der Waals surface area contributed by atoms with Crippen LogP contribution in [-0.2, 0) is 0 Å². The van der Waals surface area contributed by atoms with E-state index in [4.69, 9.17) is 0 Å². The molecule has 2 fully saturated rings. The van der Waals surface area contributed by atoms with E-state index in [0.717, 1.165) is 38.5 Å². The molecule has 0 saturated heterocycles. The normalized spacial score (nSPS) is 40.4. The summed E-state index contributed by atoms with van der Waals surface area (Å²) in [4.78, 5) is 0. The van der Waals surface area contributed by atoms with Gasteiger partial charge in [0.2, 0.25) is 0 Å². The van der Waals surface area contributed by atoms with Gasteiger partial charge in [0.25, 0.3) is 0 Å². The molecular weight excluding hydrogens is 224 g/mol. The van der Waals surface area contributed by atoms with Gasteiger partial charge in [0.1, 0.15) is 0 Å². The van der Waals surface area contributed by atoms with Gasteiger partial charge in [0, 0.05) is 0 Å². The molecule has 104 valence electrons. The maximum Gasteiger partial charge on any atom is 0.0652 e. The summed E-state index contributed by atoms with van der Waals surface area (Å²) >= 11 is 0. The van der Waals surface area contributed by atoms with Crippen LogP contribution in [0, 0.1) is 11.8 Å². The van der Waals surface area contributed by atoms with Gasteiger partial charge in [-0.05, 0) is 64.2 Å². The molecule has 0 aliphatic heterocycles. The van der Waals surface area contributed by atoms with E-state index in [9.17, 15) is 10.2 Å². The molecule has 0 aromatic heterocycles. The van der Waals surface area contributed by atoms with Crippen LogP contribution >= 0.6 is 0 Å². The Morgan fingerprint density at radius 1 is 0.944 bits per heavy atom. The van der Waals surface area contributed by atoms with Gasteiger partial charge in [0.15, 0.2) is 0 Å². The first-order chi connectivity index (χ1) is 8.33. The molecule has 2 nitrogen and oxygen atoms in total. The second-order valence-electron chi connectivity index (χ2n) is 6.25. The van der Waals surface area contributed by atoms with Crippen molar-refractivity contribution in [2.75, 3.05) is 0 Å². The molecule has 0 bridgehead atoms. The summed E-state index contributed by atoms with van der Waals surface area (Å²) in [7, 11) is 0. The number of rotatable bonds is 6. The molecule has 2 aliphatic carbocycles. The summed E-state index contributed by atoms with van der Waals surface area (Å²) in [5, 5.41) is 18.6. The van der Waals surface area contributed by atoms with Crippen molar-refractivity contribution in [2.45, 2.75) is 63.6 Å². The van der Waals surface area contributed by atoms with Crippen molar-refractivity contribution in [2.24, 2.45) is 11.8 Å². The highest BCUT2D eigenvalue weighted by Gasteiger charge is 2.47. The second kappa shape index (κ2) is 6.03. The van der Waals surface area contributed by atoms with E-state index in [-0.39, 0.29) is 11.2 Å². The van der Waals surface area contributed by atoms with Crippen LogP contribution in [0.15, 0.2) is 25.3 Å². The van der Waals surface area contributed by atoms with Gasteiger partial charge in [-0.1, -0.05) is 12.2 Å². The fourth-order valence-electron chi connectivity index (χ4n) is 2.34. The zero-order valence-corrected chi connectivity index (χ0v) is 11.9. The van der Waals surface area contributed by atoms with E-state index in [1.165, 1.54) is 0 Å². The fraction of sp³-hybridized carbons (Fsp3) is 0.750. The molecule has 2 N–H and O–H groups in total. The molecule has 0 aromatic carbocycles. The summed E-state index contributed by atoms with van der Waals surface area (Å²) in [5.41, 5.74) is -0.661. The van der Waals surface area contributed by atoms with Gasteiger partial charge in [0.05, 0.1) is 11.2 Å². The molecule has 0 radical (unpaired) electrons. The van der Waals surface area contributed by atoms with Gasteiger partial charge in [-0.25, -0.2) is 0 Å². The van der Waals surface area contributed by atoms with Crippen LogP contribution in [0.3, 0.4) is 0 Å². The molecule has 2 heteroatoms. The fourth-order valence-corrected chi connectivity index (χ4v) is 2.34. The van der Waals surface area contributed by atoms with Crippen molar-refractivity contribution in [3.05, 3.63) is 25.3 Å². The highest BCUT2D eigenvalue weighted by atomic mass is 16.3. The molecule has 18 heavy (non-hydrogen) atoms. The minimum absolute atomic E-state index is 0.330. The Labute approximate surface area is 111 Å². The molecule has 2 rings (SSSR count). The summed E-state index contributed by atoms with van der Waals surface area (Å²) in [6, 6.07) is 0. The van der Waals surface area contributed by atoms with Crippen LogP contribution in [0.2, 0.25) is 0 Å². The van der Waals surface area contributed by atoms with E-state index in [1.807, 2.05) is 26.0 Å². The first kappa shape index (κ1) is 15.5. The first-order valence-electron chi connectivity index (χ1n) is 7.00. The number of allylic oxidation sites excluding steroid dienone is 2. The van der Waals surface area contributed by atoms with Crippen molar-refractivity contribution in [1.82, 2.24) is 0 Å². The third kappa shape index (κ3) is 4.95. The van der Waals surface area contributed by atoms with E-state index < -0.39 is 0 Å². The maximum absolute atomic E-state index is 9.28. The van der Waals surface area contributed by atoms with E-state index >= 15 is 0 Å². The van der Waals surface area contributed by atoms with E-state index in [1.54, 1.807) is 0 Å². The molecule has 2 aliphatic rings. The van der Waals surface area contributed by atoms with Crippen LogP contribution in [0.25, 0.3) is 0 Å². The van der Waals surface area contributed by atoms with Gasteiger partial charge in [-0.15, -0.1) is 13.2 Å². The Hall–Kier alpha value is -0.600. The molecule has 0 unspecified atom stereocenters. The van der Waals surface area contributed by atoms with Gasteiger partial charge >= 0.3 is 0 Å². The van der Waals surface area contributed by atoms with Crippen LogP contribution < -0.4 is 0 Å². The molecule has 4 atom stereocenters. The Kier molecular flexibility index (Phi) is 5.18. The zero-order valence-electron chi connectivity index (χ0n) is 11.9. The SMILES string of the molecule is C=CCC[C@@H]1C[C@@]1(C)O.C=CCC[C@H]1C[C@]1(C)O. The lowest BCUT2D eigenvalue weighted by molar-refractivity contribution is 0.150. The topological polar surface area (TPSA) is 40.5 Å². The van der Waals surface area contributed by atoms with Gasteiger partial charge in [-0.2, -0.15) is 0 Å². The van der Waals surface area contributed by atoms with Gasteiger partial charge in [-0.3, -0.25) is 0 Å². The van der Waals surface area contributed by atoms with Crippen LogP contribution in [0.5, 0.6) is 0 Å². The molecular formula is C16H28O2. The van der Waals surface area contributed by atoms with Crippen molar-refractivity contribution < 1.29 is 10.2 Å². The van der Waals surface area contributed by atoms with Crippen LogP contribution in [0.4, 0.5) is 0 Å². The number of hydrogen-bond acceptors (Lipinski definition) is 2. The zero-order chi connectivity index (χ0) is 13.8. The smallest absolute Gasteiger partial charge is 0.0652 e. The second-order valence-corrected chi connectivity index (χ2v) is 6.25. The van der Waals surface area contributed by atoms with Crippen molar-refractivity contribution in [1.29, 1.82) is 0 Å². The average molecular weight is 252 g/mol. The Bertz CT molecular complexity index is 261. The van der Waals surface area contributed by atoms with Crippen LogP contribution in [0.1, 0.15) is 52.4 Å². The number of aliphatic hydroxyl groups is 2. The highest BCUT2D eigenvalue weighted by molar-refractivity contribution is 5.00. The summed E-state index contributed by atoms with van der Waals surface area (Å²) in [5.74, 6) is 1.10. The quantitative estimate of drug-likeness (QED) is 0.711. The first-order valence-corrected chi connectivity index (χ1v) is 7.00. The Morgan fingerprint density at radius 2 is 1.22 bits per heavy atom. The summed E-state index contributed by atoms with van der Waals surface area (Å²) < 4.78 is 0. The van der Waals surface area contributed by atoms with Crippen molar-refractivity contribution in [3.63, 3.8) is 0 Å². The summed E-state index contributed by atoms with van der Waals surface area (Å²) in [6.07, 6.45) is 10.1. The monoisotopic (exact) mass is 252 g/mol. The largest absolute Gasteiger partial charge is 0.390 e. The third-order valence-corrected chi connectivity index (χ3v) is 4.20. The molecule has 0 heterocycles. The Morgan fingerprint density at radius 3 is 1.39 bits per heavy atom. The lowest BCUT2D eigenvalue weighted by Crippen LogP contribution is -2.02. The maximum atomic E-state index is 9.28. The van der Waals surface area contributed by atoms with E-state index in [0.29, 0.717) is 11.8 Å². The molecule has 0 spiro atoms. The van der Waals surface area contributed by atoms with Gasteiger partial charge < -0.3 is 10.2 Å². The van der Waals surface area contributed by atoms with Crippen molar-refractivity contribution >= 4 is 0 Å². The molecule has 2 saturated carbocycles. The van der Waals surface area contributed by atoms with Crippen LogP contribution in [-0.4, -0.2) is 21.4 Å². The average Bonchev–Trinajstić information content (AvgIpc) is 3.10. The third-order valence-electron chi connectivity index (χ3n) is 4.20. The standard InChI is InChI=1S/2C8H14O/c2*1-3-4-5-7-6-8(7,2)9/h2*3,7,9H,1,4-6H2,2H3/t2*7-,8-/m10/s1. The predicted octanol–water partition coefficient (Wildman–Crippen LogP) is 3.45. The lowest BCUT2D eigenvalue weighted by atomic mass is 10.2. The Balaban J connectivity index is 0.000000180. The molecule has 0 aromatic rings.